The molecule has 3 heterocycles. The highest BCUT2D eigenvalue weighted by atomic mass is 32.1. The van der Waals surface area contributed by atoms with Gasteiger partial charge in [0, 0.05) is 37.6 Å². The molecule has 0 aromatic carbocycles. The zero-order chi connectivity index (χ0) is 16.5. The number of aliphatic hydroxyl groups excluding tert-OH is 1. The number of aryl methyl sites for hydroxylation is 2. The summed E-state index contributed by atoms with van der Waals surface area (Å²) in [7, 11) is 0. The lowest BCUT2D eigenvalue weighted by molar-refractivity contribution is 0.107. The van der Waals surface area contributed by atoms with Gasteiger partial charge in [-0.05, 0) is 31.2 Å². The Morgan fingerprint density at radius 1 is 1.04 bits per heavy atom. The summed E-state index contributed by atoms with van der Waals surface area (Å²) in [6, 6.07) is 0. The summed E-state index contributed by atoms with van der Waals surface area (Å²) in [5, 5.41) is 10.1. The van der Waals surface area contributed by atoms with Crippen molar-refractivity contribution in [2.24, 2.45) is 0 Å². The maximum Gasteiger partial charge on any atom is 0.146 e. The van der Waals surface area contributed by atoms with Gasteiger partial charge >= 0.3 is 0 Å². The zero-order valence-electron chi connectivity index (χ0n) is 14.0. The molecule has 0 amide bonds. The fraction of sp³-hybridized carbons (Fsp3) is 0.647. The summed E-state index contributed by atoms with van der Waals surface area (Å²) < 4.78 is 0. The van der Waals surface area contributed by atoms with Gasteiger partial charge in [0.2, 0.25) is 0 Å². The molecule has 130 valence electrons. The van der Waals surface area contributed by atoms with E-state index in [0.717, 1.165) is 68.2 Å². The van der Waals surface area contributed by atoms with Crippen molar-refractivity contribution in [1.29, 1.82) is 0 Å². The van der Waals surface area contributed by atoms with Crippen molar-refractivity contribution in [2.45, 2.75) is 32.2 Å². The van der Waals surface area contributed by atoms with Crippen molar-refractivity contribution < 1.29 is 5.11 Å². The molecule has 1 saturated heterocycles. The largest absolute Gasteiger partial charge is 0.395 e. The first-order chi connectivity index (χ1) is 11.7. The van der Waals surface area contributed by atoms with E-state index in [9.17, 15) is 0 Å². The minimum absolute atomic E-state index is 0.235. The monoisotopic (exact) mass is 347 g/mol. The Morgan fingerprint density at radius 2 is 1.79 bits per heavy atom. The summed E-state index contributed by atoms with van der Waals surface area (Å²) in [5.41, 5.74) is 7.70. The van der Waals surface area contributed by atoms with E-state index in [0.29, 0.717) is 5.82 Å². The van der Waals surface area contributed by atoms with Crippen LogP contribution in [0.25, 0.3) is 10.2 Å². The molecular weight excluding hydrogens is 322 g/mol. The van der Waals surface area contributed by atoms with Crippen LogP contribution >= 0.6 is 11.3 Å². The van der Waals surface area contributed by atoms with E-state index in [4.69, 9.17) is 15.8 Å². The summed E-state index contributed by atoms with van der Waals surface area (Å²) in [5.74, 6) is 1.50. The molecule has 0 radical (unpaired) electrons. The average Bonchev–Trinajstić information content (AvgIpc) is 2.95. The predicted molar refractivity (Wildman–Crippen MR) is 97.3 cm³/mol. The first-order valence-electron chi connectivity index (χ1n) is 8.87. The summed E-state index contributed by atoms with van der Waals surface area (Å²) in [4.78, 5) is 16.6. The van der Waals surface area contributed by atoms with Crippen LogP contribution < -0.4 is 5.73 Å². The van der Waals surface area contributed by atoms with Crippen molar-refractivity contribution in [1.82, 2.24) is 19.8 Å². The predicted octanol–water partition coefficient (Wildman–Crippen LogP) is 1.26. The van der Waals surface area contributed by atoms with Gasteiger partial charge in [0.25, 0.3) is 0 Å². The van der Waals surface area contributed by atoms with E-state index >= 15 is 0 Å². The molecule has 3 N–H and O–H groups in total. The zero-order valence-corrected chi connectivity index (χ0v) is 14.8. The number of hydrogen-bond acceptors (Lipinski definition) is 7. The Labute approximate surface area is 146 Å². The van der Waals surface area contributed by atoms with E-state index in [1.165, 1.54) is 23.3 Å². The third kappa shape index (κ3) is 3.13. The normalized spacial score (nSPS) is 19.7. The Morgan fingerprint density at radius 3 is 2.58 bits per heavy atom. The van der Waals surface area contributed by atoms with Crippen LogP contribution in [0.3, 0.4) is 0 Å². The number of nitrogens with zero attached hydrogens (tertiary/aromatic N) is 4. The van der Waals surface area contributed by atoms with Crippen LogP contribution in [0.1, 0.15) is 29.1 Å². The van der Waals surface area contributed by atoms with Crippen molar-refractivity contribution in [3.63, 3.8) is 0 Å². The molecular formula is C17H25N5OS. The van der Waals surface area contributed by atoms with Crippen molar-refractivity contribution in [3.8, 4) is 0 Å². The number of fused-ring (bicyclic) bond motifs is 3. The van der Waals surface area contributed by atoms with Gasteiger partial charge in [-0.1, -0.05) is 0 Å². The molecule has 1 aliphatic carbocycles. The standard InChI is InChI=1S/C17H25N5OS/c18-16-15-12-3-1-2-4-13(12)24-17(15)20-14(19-16)11-22-7-5-21(6-8-22)9-10-23/h23H,1-11H2,(H2,18,19,20). The molecule has 0 bridgehead atoms. The molecule has 1 aliphatic heterocycles. The molecule has 24 heavy (non-hydrogen) atoms. The van der Waals surface area contributed by atoms with Crippen molar-refractivity contribution >= 4 is 27.4 Å². The smallest absolute Gasteiger partial charge is 0.146 e. The number of β-amino-alcohol motifs (C(OH)–C–C–N with tert-alkyl or cyclic N) is 1. The fourth-order valence-electron chi connectivity index (χ4n) is 3.81. The third-order valence-electron chi connectivity index (χ3n) is 5.14. The number of nitrogen functional groups attached to an aromatic ring is 1. The van der Waals surface area contributed by atoms with E-state index < -0.39 is 0 Å². The van der Waals surface area contributed by atoms with Crippen LogP contribution in [0.4, 0.5) is 5.82 Å². The van der Waals surface area contributed by atoms with Crippen molar-refractivity contribution in [3.05, 3.63) is 16.3 Å². The van der Waals surface area contributed by atoms with Crippen LogP contribution in [0.5, 0.6) is 0 Å². The highest BCUT2D eigenvalue weighted by molar-refractivity contribution is 7.19. The first kappa shape index (κ1) is 16.2. The Hall–Kier alpha value is -1.28. The van der Waals surface area contributed by atoms with Crippen molar-refractivity contribution in [2.75, 3.05) is 45.1 Å². The summed E-state index contributed by atoms with van der Waals surface area (Å²) >= 11 is 1.81. The number of anilines is 1. The van der Waals surface area contributed by atoms with E-state index in [-0.39, 0.29) is 6.61 Å². The lowest BCUT2D eigenvalue weighted by atomic mass is 9.97. The second-order valence-corrected chi connectivity index (χ2v) is 7.84. The van der Waals surface area contributed by atoms with Crippen LogP contribution in [0.15, 0.2) is 0 Å². The number of aromatic nitrogens is 2. The lowest BCUT2D eigenvalue weighted by Crippen LogP contribution is -2.46. The highest BCUT2D eigenvalue weighted by Crippen LogP contribution is 2.37. The summed E-state index contributed by atoms with van der Waals surface area (Å²) in [6.07, 6.45) is 4.81. The van der Waals surface area contributed by atoms with Gasteiger partial charge in [0.15, 0.2) is 0 Å². The number of aliphatic hydroxyl groups is 1. The van der Waals surface area contributed by atoms with Gasteiger partial charge in [-0.3, -0.25) is 9.80 Å². The third-order valence-corrected chi connectivity index (χ3v) is 6.32. The Kier molecular flexibility index (Phi) is 4.67. The molecule has 1 fully saturated rings. The maximum absolute atomic E-state index is 9.03. The average molecular weight is 347 g/mol. The molecule has 6 nitrogen and oxygen atoms in total. The second-order valence-electron chi connectivity index (χ2n) is 6.76. The Balaban J connectivity index is 1.51. The van der Waals surface area contributed by atoms with Gasteiger partial charge in [-0.15, -0.1) is 11.3 Å². The fourth-order valence-corrected chi connectivity index (χ4v) is 5.10. The number of rotatable bonds is 4. The quantitative estimate of drug-likeness (QED) is 0.867. The maximum atomic E-state index is 9.03. The molecule has 2 aromatic heterocycles. The van der Waals surface area contributed by atoms with E-state index in [1.54, 1.807) is 0 Å². The van der Waals surface area contributed by atoms with E-state index in [2.05, 4.69) is 14.8 Å². The van der Waals surface area contributed by atoms with Crippen LogP contribution in [-0.2, 0) is 19.4 Å². The van der Waals surface area contributed by atoms with Gasteiger partial charge in [0.1, 0.15) is 16.5 Å². The van der Waals surface area contributed by atoms with Gasteiger partial charge in [-0.25, -0.2) is 9.97 Å². The van der Waals surface area contributed by atoms with Crippen LogP contribution in [0.2, 0.25) is 0 Å². The molecule has 2 aliphatic rings. The number of piperazine rings is 1. The number of hydrogen-bond donors (Lipinski definition) is 2. The second kappa shape index (κ2) is 6.92. The molecule has 2 aromatic rings. The van der Waals surface area contributed by atoms with E-state index in [1.807, 2.05) is 11.3 Å². The minimum Gasteiger partial charge on any atom is -0.395 e. The topological polar surface area (TPSA) is 78.5 Å². The van der Waals surface area contributed by atoms with Gasteiger partial charge < -0.3 is 10.8 Å². The molecule has 4 rings (SSSR count). The van der Waals surface area contributed by atoms with Gasteiger partial charge in [-0.2, -0.15) is 0 Å². The number of thiophene rings is 1. The number of nitrogens with two attached hydrogens (primary N) is 1. The van der Waals surface area contributed by atoms with Gasteiger partial charge in [0.05, 0.1) is 18.5 Å². The van der Waals surface area contributed by atoms with Crippen LogP contribution in [-0.4, -0.2) is 64.2 Å². The Bertz CT molecular complexity index is 723. The summed E-state index contributed by atoms with van der Waals surface area (Å²) in [6.45, 7) is 5.72. The molecule has 0 spiro atoms. The molecule has 0 atom stereocenters. The van der Waals surface area contributed by atoms with Crippen LogP contribution in [0, 0.1) is 0 Å². The highest BCUT2D eigenvalue weighted by Gasteiger charge is 2.22. The molecule has 0 saturated carbocycles. The first-order valence-corrected chi connectivity index (χ1v) is 9.68. The SMILES string of the molecule is Nc1nc(CN2CCN(CCO)CC2)nc2sc3c(c12)CCCC3. The lowest BCUT2D eigenvalue weighted by Gasteiger charge is -2.33. The minimum atomic E-state index is 0.235. The molecule has 7 heteroatoms. The molecule has 0 unspecified atom stereocenters.